The maximum Gasteiger partial charge on any atom is 0.322 e. The lowest BCUT2D eigenvalue weighted by atomic mass is 10.2. The number of aliphatic carboxylic acids is 1. The normalized spacial score (nSPS) is 21.1. The van der Waals surface area contributed by atoms with E-state index in [4.69, 9.17) is 16.7 Å². The molecule has 0 aromatic heterocycles. The maximum absolute atomic E-state index is 12.3. The molecule has 0 spiro atoms. The topological polar surface area (TPSA) is 74.7 Å². The van der Waals surface area contributed by atoms with Gasteiger partial charge in [-0.15, -0.1) is 0 Å². The van der Waals surface area contributed by atoms with Gasteiger partial charge in [0.15, 0.2) is 0 Å². The number of sulfonamides is 1. The maximum atomic E-state index is 12.3. The molecule has 1 heterocycles. The summed E-state index contributed by atoms with van der Waals surface area (Å²) in [7, 11) is -3.79. The van der Waals surface area contributed by atoms with Crippen LogP contribution >= 0.6 is 11.6 Å². The van der Waals surface area contributed by atoms with E-state index in [1.807, 2.05) is 0 Å². The highest BCUT2D eigenvalue weighted by Gasteiger charge is 2.39. The minimum atomic E-state index is -3.79. The lowest BCUT2D eigenvalue weighted by Gasteiger charge is -2.20. The lowest BCUT2D eigenvalue weighted by Crippen LogP contribution is -2.40. The van der Waals surface area contributed by atoms with Gasteiger partial charge in [-0.25, -0.2) is 8.42 Å². The predicted octanol–water partition coefficient (Wildman–Crippen LogP) is 1.58. The molecule has 2 rings (SSSR count). The summed E-state index contributed by atoms with van der Waals surface area (Å²) in [6, 6.07) is 4.86. The van der Waals surface area contributed by atoms with E-state index >= 15 is 0 Å². The van der Waals surface area contributed by atoms with Gasteiger partial charge in [-0.3, -0.25) is 4.79 Å². The van der Waals surface area contributed by atoms with Crippen LogP contribution in [0.3, 0.4) is 0 Å². The Bertz CT molecular complexity index is 572. The lowest BCUT2D eigenvalue weighted by molar-refractivity contribution is -0.140. The monoisotopic (exact) mass is 289 g/mol. The number of carbonyl (C=O) groups is 1. The number of nitrogens with zero attached hydrogens (tertiary/aromatic N) is 1. The molecule has 7 heteroatoms. The summed E-state index contributed by atoms with van der Waals surface area (Å²) in [5.41, 5.74) is 0. The first-order chi connectivity index (χ1) is 8.43. The predicted molar refractivity (Wildman–Crippen MR) is 66.0 cm³/mol. The summed E-state index contributed by atoms with van der Waals surface area (Å²) in [6.07, 6.45) is 0.895. The third-order valence-corrected chi connectivity index (χ3v) is 5.03. The van der Waals surface area contributed by atoms with Crippen molar-refractivity contribution < 1.29 is 18.3 Å². The molecular formula is C11H12ClNO4S. The van der Waals surface area contributed by atoms with E-state index < -0.39 is 22.0 Å². The van der Waals surface area contributed by atoms with Gasteiger partial charge >= 0.3 is 5.97 Å². The molecule has 1 saturated heterocycles. The largest absolute Gasteiger partial charge is 0.480 e. The van der Waals surface area contributed by atoms with Crippen LogP contribution in [0.1, 0.15) is 12.8 Å². The molecule has 1 aliphatic heterocycles. The van der Waals surface area contributed by atoms with Crippen LogP contribution in [0, 0.1) is 0 Å². The van der Waals surface area contributed by atoms with Crippen molar-refractivity contribution in [2.45, 2.75) is 23.8 Å². The zero-order chi connectivity index (χ0) is 13.3. The summed E-state index contributed by atoms with van der Waals surface area (Å²) in [5, 5.41) is 9.32. The summed E-state index contributed by atoms with van der Waals surface area (Å²) < 4.78 is 25.6. The zero-order valence-corrected chi connectivity index (χ0v) is 11.0. The minimum absolute atomic E-state index is 0.0307. The fraction of sp³-hybridized carbons (Fsp3) is 0.364. The third-order valence-electron chi connectivity index (χ3n) is 2.89. The van der Waals surface area contributed by atoms with E-state index in [-0.39, 0.29) is 11.4 Å². The summed E-state index contributed by atoms with van der Waals surface area (Å²) in [6.45, 7) is 0.228. The summed E-state index contributed by atoms with van der Waals surface area (Å²) in [4.78, 5) is 11.1. The van der Waals surface area contributed by atoms with E-state index in [0.717, 1.165) is 4.31 Å². The highest BCUT2D eigenvalue weighted by Crippen LogP contribution is 2.27. The van der Waals surface area contributed by atoms with Crippen molar-refractivity contribution in [1.29, 1.82) is 0 Å². The molecule has 1 aliphatic rings. The molecule has 0 saturated carbocycles. The molecule has 1 fully saturated rings. The standard InChI is InChI=1S/C11H12ClNO4S/c12-8-3-1-4-9(7-8)18(16,17)13-6-2-5-10(13)11(14)15/h1,3-4,7,10H,2,5-6H2,(H,14,15). The molecule has 0 aliphatic carbocycles. The van der Waals surface area contributed by atoms with Crippen LogP contribution < -0.4 is 0 Å². The van der Waals surface area contributed by atoms with Crippen LogP contribution in [0.4, 0.5) is 0 Å². The molecule has 1 unspecified atom stereocenters. The van der Waals surface area contributed by atoms with Gasteiger partial charge in [-0.05, 0) is 31.0 Å². The second-order valence-corrected chi connectivity index (χ2v) is 6.40. The fourth-order valence-corrected chi connectivity index (χ4v) is 3.99. The number of halogens is 1. The van der Waals surface area contributed by atoms with Crippen molar-refractivity contribution in [1.82, 2.24) is 4.31 Å². The molecule has 0 amide bonds. The average molecular weight is 290 g/mol. The van der Waals surface area contributed by atoms with Gasteiger partial charge in [0.2, 0.25) is 10.0 Å². The first-order valence-corrected chi connectivity index (χ1v) is 7.25. The van der Waals surface area contributed by atoms with E-state index in [1.165, 1.54) is 18.2 Å². The van der Waals surface area contributed by atoms with Gasteiger partial charge in [0.25, 0.3) is 0 Å². The third kappa shape index (κ3) is 2.36. The molecule has 1 aromatic rings. The number of rotatable bonds is 3. The molecular weight excluding hydrogens is 278 g/mol. The number of hydrogen-bond acceptors (Lipinski definition) is 3. The molecule has 98 valence electrons. The van der Waals surface area contributed by atoms with Crippen molar-refractivity contribution in [2.24, 2.45) is 0 Å². The first-order valence-electron chi connectivity index (χ1n) is 5.43. The van der Waals surface area contributed by atoms with E-state index in [1.54, 1.807) is 6.07 Å². The Hall–Kier alpha value is -1.11. The first kappa shape index (κ1) is 13.3. The van der Waals surface area contributed by atoms with Gasteiger partial charge < -0.3 is 5.11 Å². The van der Waals surface area contributed by atoms with E-state index in [0.29, 0.717) is 17.9 Å². The van der Waals surface area contributed by atoms with Crippen molar-refractivity contribution in [3.63, 3.8) is 0 Å². The number of carboxylic acids is 1. The fourth-order valence-electron chi connectivity index (χ4n) is 2.04. The average Bonchev–Trinajstić information content (AvgIpc) is 2.78. The van der Waals surface area contributed by atoms with Gasteiger partial charge in [0, 0.05) is 11.6 Å². The Labute approximate surface area is 110 Å². The Morgan fingerprint density at radius 2 is 2.17 bits per heavy atom. The Balaban J connectivity index is 2.40. The molecule has 1 N–H and O–H groups in total. The van der Waals surface area contributed by atoms with Crippen LogP contribution in [0.25, 0.3) is 0 Å². The Kier molecular flexibility index (Phi) is 3.61. The number of hydrogen-bond donors (Lipinski definition) is 1. The molecule has 5 nitrogen and oxygen atoms in total. The SMILES string of the molecule is O=C(O)C1CCCN1S(=O)(=O)c1cccc(Cl)c1. The second kappa shape index (κ2) is 4.87. The minimum Gasteiger partial charge on any atom is -0.480 e. The molecule has 18 heavy (non-hydrogen) atoms. The van der Waals surface area contributed by atoms with Crippen LogP contribution in [-0.4, -0.2) is 36.4 Å². The van der Waals surface area contributed by atoms with Crippen molar-refractivity contribution >= 4 is 27.6 Å². The van der Waals surface area contributed by atoms with Gasteiger partial charge in [0.05, 0.1) is 4.90 Å². The van der Waals surface area contributed by atoms with Crippen LogP contribution in [0.2, 0.25) is 5.02 Å². The van der Waals surface area contributed by atoms with E-state index in [9.17, 15) is 13.2 Å². The van der Waals surface area contributed by atoms with Gasteiger partial charge in [-0.1, -0.05) is 17.7 Å². The highest BCUT2D eigenvalue weighted by molar-refractivity contribution is 7.89. The quantitative estimate of drug-likeness (QED) is 0.917. The van der Waals surface area contributed by atoms with Crippen molar-refractivity contribution in [2.75, 3.05) is 6.54 Å². The van der Waals surface area contributed by atoms with Gasteiger partial charge in [0.1, 0.15) is 6.04 Å². The van der Waals surface area contributed by atoms with Crippen LogP contribution in [-0.2, 0) is 14.8 Å². The smallest absolute Gasteiger partial charge is 0.322 e. The Morgan fingerprint density at radius 1 is 1.44 bits per heavy atom. The number of benzene rings is 1. The van der Waals surface area contributed by atoms with E-state index in [2.05, 4.69) is 0 Å². The van der Waals surface area contributed by atoms with Crippen molar-refractivity contribution in [3.05, 3.63) is 29.3 Å². The zero-order valence-electron chi connectivity index (χ0n) is 9.41. The van der Waals surface area contributed by atoms with Crippen LogP contribution in [0.15, 0.2) is 29.2 Å². The van der Waals surface area contributed by atoms with Crippen LogP contribution in [0.5, 0.6) is 0 Å². The molecule has 1 aromatic carbocycles. The van der Waals surface area contributed by atoms with Crippen molar-refractivity contribution in [3.8, 4) is 0 Å². The second-order valence-electron chi connectivity index (χ2n) is 4.07. The summed E-state index contributed by atoms with van der Waals surface area (Å²) >= 11 is 5.76. The molecule has 0 radical (unpaired) electrons. The van der Waals surface area contributed by atoms with Gasteiger partial charge in [-0.2, -0.15) is 4.31 Å². The summed E-state index contributed by atoms with van der Waals surface area (Å²) in [5.74, 6) is -1.11. The highest BCUT2D eigenvalue weighted by atomic mass is 35.5. The molecule has 1 atom stereocenters. The number of carboxylic acid groups (broad SMARTS) is 1. The Morgan fingerprint density at radius 3 is 2.78 bits per heavy atom. The molecule has 0 bridgehead atoms.